The van der Waals surface area contributed by atoms with Crippen LogP contribution in [0.4, 0.5) is 24.7 Å². The van der Waals surface area contributed by atoms with Gasteiger partial charge < -0.3 is 11.1 Å². The summed E-state index contributed by atoms with van der Waals surface area (Å²) in [6, 6.07) is 3.23. The van der Waals surface area contributed by atoms with Gasteiger partial charge in [0.05, 0.1) is 15.6 Å². The molecule has 5 nitrogen and oxygen atoms in total. The number of alkyl halides is 3. The van der Waals surface area contributed by atoms with Gasteiger partial charge in [-0.2, -0.15) is 23.5 Å². The molecule has 1 aromatic heterocycles. The van der Waals surface area contributed by atoms with E-state index < -0.39 is 11.7 Å². The molecule has 0 fully saturated rings. The molecule has 0 atom stereocenters. The molecule has 22 heavy (non-hydrogen) atoms. The Kier molecular flexibility index (Phi) is 4.13. The molecule has 0 bridgehead atoms. The van der Waals surface area contributed by atoms with Crippen LogP contribution in [-0.2, 0) is 6.18 Å². The highest BCUT2D eigenvalue weighted by atomic mass is 35.5. The lowest BCUT2D eigenvalue weighted by molar-refractivity contribution is -0.137. The molecule has 10 heteroatoms. The van der Waals surface area contributed by atoms with E-state index >= 15 is 0 Å². The van der Waals surface area contributed by atoms with Gasteiger partial charge in [0.15, 0.2) is 11.5 Å². The van der Waals surface area contributed by atoms with Crippen LogP contribution in [0.15, 0.2) is 12.1 Å². The summed E-state index contributed by atoms with van der Waals surface area (Å²) in [6.07, 6.45) is -4.58. The second kappa shape index (κ2) is 5.59. The first-order valence-corrected chi connectivity index (χ1v) is 6.49. The van der Waals surface area contributed by atoms with Gasteiger partial charge in [-0.3, -0.25) is 0 Å². The molecular weight excluding hydrogens is 342 g/mol. The Morgan fingerprint density at radius 2 is 1.86 bits per heavy atom. The summed E-state index contributed by atoms with van der Waals surface area (Å²) < 4.78 is 39.3. The third-order valence-corrected chi connectivity index (χ3v) is 3.40. The van der Waals surface area contributed by atoms with E-state index in [4.69, 9.17) is 34.2 Å². The minimum atomic E-state index is -4.58. The average Bonchev–Trinajstić information content (AvgIpc) is 2.73. The van der Waals surface area contributed by atoms with Gasteiger partial charge in [0.1, 0.15) is 17.4 Å². The highest BCUT2D eigenvalue weighted by Crippen LogP contribution is 2.39. The van der Waals surface area contributed by atoms with Gasteiger partial charge in [-0.1, -0.05) is 23.2 Å². The zero-order valence-electron chi connectivity index (χ0n) is 11.0. The first-order chi connectivity index (χ1) is 10.2. The standard InChI is InChI=1S/C12H8Cl2F3N5/c1-20-11-9(19)8(4-18)21-22(11)10-6(13)2-5(3-7(10)14)12(15,16)17/h2-3,20H,19H2,1H3. The Morgan fingerprint density at radius 1 is 1.32 bits per heavy atom. The van der Waals surface area contributed by atoms with Crippen LogP contribution in [0.2, 0.25) is 10.0 Å². The number of hydrogen-bond donors (Lipinski definition) is 2. The monoisotopic (exact) mass is 349 g/mol. The van der Waals surface area contributed by atoms with Crippen molar-refractivity contribution >= 4 is 34.7 Å². The van der Waals surface area contributed by atoms with Crippen molar-refractivity contribution in [2.75, 3.05) is 18.1 Å². The van der Waals surface area contributed by atoms with Crippen molar-refractivity contribution in [3.05, 3.63) is 33.4 Å². The quantitative estimate of drug-likeness (QED) is 0.866. The molecule has 2 rings (SSSR count). The minimum Gasteiger partial charge on any atom is -0.393 e. The fourth-order valence-corrected chi connectivity index (χ4v) is 2.49. The van der Waals surface area contributed by atoms with Crippen molar-refractivity contribution in [2.24, 2.45) is 0 Å². The molecule has 3 N–H and O–H groups in total. The smallest absolute Gasteiger partial charge is 0.393 e. The van der Waals surface area contributed by atoms with Crippen molar-refractivity contribution in [1.82, 2.24) is 9.78 Å². The molecule has 0 aliphatic rings. The predicted octanol–water partition coefficient (Wildman–Crippen LogP) is 3.69. The number of hydrogen-bond acceptors (Lipinski definition) is 4. The lowest BCUT2D eigenvalue weighted by atomic mass is 10.2. The van der Waals surface area contributed by atoms with Crippen LogP contribution in [0.5, 0.6) is 0 Å². The van der Waals surface area contributed by atoms with Crippen molar-refractivity contribution in [1.29, 1.82) is 5.26 Å². The van der Waals surface area contributed by atoms with E-state index in [-0.39, 0.29) is 32.9 Å². The summed E-state index contributed by atoms with van der Waals surface area (Å²) in [7, 11) is 1.51. The van der Waals surface area contributed by atoms with Crippen LogP contribution in [0.1, 0.15) is 11.3 Å². The number of nitrogens with two attached hydrogens (primary N) is 1. The van der Waals surface area contributed by atoms with Gasteiger partial charge in [0.25, 0.3) is 0 Å². The zero-order chi connectivity index (χ0) is 16.7. The van der Waals surface area contributed by atoms with Gasteiger partial charge >= 0.3 is 6.18 Å². The van der Waals surface area contributed by atoms with E-state index in [0.717, 1.165) is 16.8 Å². The Balaban J connectivity index is 2.72. The molecule has 1 heterocycles. The van der Waals surface area contributed by atoms with Gasteiger partial charge in [-0.15, -0.1) is 0 Å². The Bertz CT molecular complexity index is 753. The number of anilines is 2. The summed E-state index contributed by atoms with van der Waals surface area (Å²) >= 11 is 11.8. The number of halogens is 5. The molecule has 2 aromatic rings. The third-order valence-electron chi connectivity index (χ3n) is 2.82. The van der Waals surface area contributed by atoms with E-state index in [1.165, 1.54) is 7.05 Å². The van der Waals surface area contributed by atoms with E-state index in [1.54, 1.807) is 6.07 Å². The molecule has 116 valence electrons. The highest BCUT2D eigenvalue weighted by molar-refractivity contribution is 6.38. The largest absolute Gasteiger partial charge is 0.416 e. The van der Waals surface area contributed by atoms with Crippen molar-refractivity contribution in [3.8, 4) is 11.8 Å². The van der Waals surface area contributed by atoms with Gasteiger partial charge in [-0.05, 0) is 12.1 Å². The number of nitrogen functional groups attached to an aromatic ring is 1. The summed E-state index contributed by atoms with van der Waals surface area (Å²) in [6.45, 7) is 0. The fraction of sp³-hybridized carbons (Fsp3) is 0.167. The SMILES string of the molecule is CNc1c(N)c(C#N)nn1-c1c(Cl)cc(C(F)(F)F)cc1Cl. The van der Waals surface area contributed by atoms with Crippen LogP contribution in [0.3, 0.4) is 0 Å². The normalized spacial score (nSPS) is 11.3. The van der Waals surface area contributed by atoms with Crippen LogP contribution in [0, 0.1) is 11.3 Å². The first kappa shape index (κ1) is 16.3. The zero-order valence-corrected chi connectivity index (χ0v) is 12.5. The lowest BCUT2D eigenvalue weighted by Crippen LogP contribution is -2.09. The highest BCUT2D eigenvalue weighted by Gasteiger charge is 2.32. The van der Waals surface area contributed by atoms with E-state index in [9.17, 15) is 13.2 Å². The van der Waals surface area contributed by atoms with E-state index in [1.807, 2.05) is 0 Å². The maximum atomic E-state index is 12.7. The van der Waals surface area contributed by atoms with Crippen LogP contribution in [-0.4, -0.2) is 16.8 Å². The molecule has 0 aliphatic heterocycles. The summed E-state index contributed by atoms with van der Waals surface area (Å²) in [5.74, 6) is 0.195. The van der Waals surface area contributed by atoms with E-state index in [2.05, 4.69) is 10.4 Å². The molecule has 0 aliphatic carbocycles. The summed E-state index contributed by atoms with van der Waals surface area (Å²) in [5, 5.41) is 15.0. The molecule has 0 saturated carbocycles. The number of nitrogens with one attached hydrogen (secondary N) is 1. The second-order valence-electron chi connectivity index (χ2n) is 4.17. The molecule has 0 amide bonds. The van der Waals surface area contributed by atoms with Crippen LogP contribution in [0.25, 0.3) is 5.69 Å². The molecule has 0 saturated heterocycles. The third kappa shape index (κ3) is 2.65. The number of rotatable bonds is 2. The average molecular weight is 350 g/mol. The molecule has 0 spiro atoms. The van der Waals surface area contributed by atoms with Gasteiger partial charge in [0, 0.05) is 7.05 Å². The Hall–Kier alpha value is -2.11. The topological polar surface area (TPSA) is 79.7 Å². The lowest BCUT2D eigenvalue weighted by Gasteiger charge is -2.14. The number of nitriles is 1. The van der Waals surface area contributed by atoms with Crippen molar-refractivity contribution in [3.63, 3.8) is 0 Å². The minimum absolute atomic E-state index is 0.00566. The molecule has 1 aromatic carbocycles. The Morgan fingerprint density at radius 3 is 2.27 bits per heavy atom. The van der Waals surface area contributed by atoms with Gasteiger partial charge in [-0.25, -0.2) is 4.68 Å². The van der Waals surface area contributed by atoms with E-state index in [0.29, 0.717) is 0 Å². The van der Waals surface area contributed by atoms with Crippen molar-refractivity contribution < 1.29 is 13.2 Å². The maximum Gasteiger partial charge on any atom is 0.416 e. The number of nitrogens with zero attached hydrogens (tertiary/aromatic N) is 3. The fourth-order valence-electron chi connectivity index (χ4n) is 1.85. The summed E-state index contributed by atoms with van der Waals surface area (Å²) in [5.41, 5.74) is 4.67. The second-order valence-corrected chi connectivity index (χ2v) is 4.99. The molecular formula is C12H8Cl2F3N5. The maximum absolute atomic E-state index is 12.7. The molecule has 0 radical (unpaired) electrons. The molecule has 0 unspecified atom stereocenters. The van der Waals surface area contributed by atoms with Gasteiger partial charge in [0.2, 0.25) is 0 Å². The van der Waals surface area contributed by atoms with Crippen molar-refractivity contribution in [2.45, 2.75) is 6.18 Å². The number of aromatic nitrogens is 2. The first-order valence-electron chi connectivity index (χ1n) is 5.73. The predicted molar refractivity (Wildman–Crippen MR) is 77.3 cm³/mol. The number of benzene rings is 1. The van der Waals surface area contributed by atoms with Crippen LogP contribution < -0.4 is 11.1 Å². The summed E-state index contributed by atoms with van der Waals surface area (Å²) in [4.78, 5) is 0. The van der Waals surface area contributed by atoms with Crippen LogP contribution >= 0.6 is 23.2 Å². The Labute approximate surface area is 133 Å².